The Morgan fingerprint density at radius 3 is 2.77 bits per heavy atom. The number of pyridine rings is 2. The van der Waals surface area contributed by atoms with Gasteiger partial charge < -0.3 is 13.9 Å². The van der Waals surface area contributed by atoms with Gasteiger partial charge in [-0.1, -0.05) is 0 Å². The molecular weight excluding hydrogens is 380 g/mol. The average Bonchev–Trinajstić information content (AvgIpc) is 3.43. The number of ketones is 1. The van der Waals surface area contributed by atoms with Crippen molar-refractivity contribution in [3.05, 3.63) is 61.0 Å². The molecule has 0 amide bonds. The molecule has 30 heavy (non-hydrogen) atoms. The van der Waals surface area contributed by atoms with Crippen molar-refractivity contribution in [1.82, 2.24) is 29.1 Å². The smallest absolute Gasteiger partial charge is 0.188 e. The molecule has 0 unspecified atom stereocenters. The van der Waals surface area contributed by atoms with Gasteiger partial charge in [-0.25, -0.2) is 9.97 Å². The molecule has 5 heterocycles. The number of hydrogen-bond donors (Lipinski definition) is 0. The minimum atomic E-state index is -0.0385. The second kappa shape index (κ2) is 7.79. The van der Waals surface area contributed by atoms with Crippen LogP contribution in [0.5, 0.6) is 0 Å². The summed E-state index contributed by atoms with van der Waals surface area (Å²) < 4.78 is 9.39. The number of rotatable bonds is 5. The molecule has 0 bridgehead atoms. The van der Waals surface area contributed by atoms with Gasteiger partial charge >= 0.3 is 0 Å². The Hall–Kier alpha value is -3.39. The lowest BCUT2D eigenvalue weighted by Gasteiger charge is -2.22. The molecule has 0 atom stereocenters. The van der Waals surface area contributed by atoms with Crippen LogP contribution in [0.1, 0.15) is 35.1 Å². The van der Waals surface area contributed by atoms with Crippen LogP contribution in [0.15, 0.2) is 49.6 Å². The van der Waals surface area contributed by atoms with Gasteiger partial charge in [-0.2, -0.15) is 0 Å². The van der Waals surface area contributed by atoms with E-state index in [0.29, 0.717) is 17.4 Å². The molecule has 1 fully saturated rings. The third-order valence-electron chi connectivity index (χ3n) is 5.58. The first-order valence-electron chi connectivity index (χ1n) is 10.0. The highest BCUT2D eigenvalue weighted by Crippen LogP contribution is 2.23. The SMILES string of the molecule is Cn1cncc1-c1cnc2cnc(CC(=O)c3cn(C4CCOCC4)cn3)cc2c1. The minimum absolute atomic E-state index is 0.0385. The lowest BCUT2D eigenvalue weighted by molar-refractivity contribution is 0.0695. The summed E-state index contributed by atoms with van der Waals surface area (Å²) in [6, 6.07) is 4.33. The van der Waals surface area contributed by atoms with Crippen LogP contribution < -0.4 is 0 Å². The molecular formula is C22H22N6O2. The Kier molecular flexibility index (Phi) is 4.84. The van der Waals surface area contributed by atoms with Gasteiger partial charge in [-0.15, -0.1) is 0 Å². The van der Waals surface area contributed by atoms with Crippen LogP contribution in [0.25, 0.3) is 22.2 Å². The molecule has 0 aromatic carbocycles. The maximum Gasteiger partial charge on any atom is 0.188 e. The topological polar surface area (TPSA) is 87.7 Å². The van der Waals surface area contributed by atoms with Crippen LogP contribution >= 0.6 is 0 Å². The van der Waals surface area contributed by atoms with Crippen LogP contribution in [0.2, 0.25) is 0 Å². The van der Waals surface area contributed by atoms with E-state index in [4.69, 9.17) is 4.74 Å². The highest BCUT2D eigenvalue weighted by atomic mass is 16.5. The van der Waals surface area contributed by atoms with Gasteiger partial charge in [0.1, 0.15) is 5.69 Å². The predicted octanol–water partition coefficient (Wildman–Crippen LogP) is 3.00. The van der Waals surface area contributed by atoms with Crippen LogP contribution in [0, 0.1) is 0 Å². The van der Waals surface area contributed by atoms with Crippen molar-refractivity contribution in [2.45, 2.75) is 25.3 Å². The van der Waals surface area contributed by atoms with Crippen molar-refractivity contribution in [3.8, 4) is 11.3 Å². The Labute approximate surface area is 173 Å². The van der Waals surface area contributed by atoms with Crippen molar-refractivity contribution >= 4 is 16.7 Å². The van der Waals surface area contributed by atoms with Crippen molar-refractivity contribution in [2.24, 2.45) is 7.05 Å². The third-order valence-corrected chi connectivity index (χ3v) is 5.58. The van der Waals surface area contributed by atoms with Crippen LogP contribution in [-0.4, -0.2) is 48.1 Å². The van der Waals surface area contributed by atoms with E-state index < -0.39 is 0 Å². The molecule has 1 aliphatic heterocycles. The van der Waals surface area contributed by atoms with Crippen molar-refractivity contribution in [3.63, 3.8) is 0 Å². The van der Waals surface area contributed by atoms with Crippen molar-refractivity contribution in [1.29, 1.82) is 0 Å². The fourth-order valence-corrected chi connectivity index (χ4v) is 3.87. The molecule has 4 aromatic rings. The first-order valence-corrected chi connectivity index (χ1v) is 10.0. The van der Waals surface area contributed by atoms with Gasteiger partial charge in [0, 0.05) is 55.3 Å². The lowest BCUT2D eigenvalue weighted by atomic mass is 10.1. The van der Waals surface area contributed by atoms with E-state index in [0.717, 1.165) is 48.2 Å². The third kappa shape index (κ3) is 3.61. The molecule has 0 spiro atoms. The zero-order valence-electron chi connectivity index (χ0n) is 16.7. The summed E-state index contributed by atoms with van der Waals surface area (Å²) in [6.45, 7) is 1.50. The van der Waals surface area contributed by atoms with Gasteiger partial charge in [0.25, 0.3) is 0 Å². The fourth-order valence-electron chi connectivity index (χ4n) is 3.87. The quantitative estimate of drug-likeness (QED) is 0.477. The summed E-state index contributed by atoms with van der Waals surface area (Å²) in [4.78, 5) is 30.2. The second-order valence-electron chi connectivity index (χ2n) is 7.63. The maximum absolute atomic E-state index is 12.8. The van der Waals surface area contributed by atoms with E-state index in [1.54, 1.807) is 18.9 Å². The Morgan fingerprint density at radius 1 is 1.10 bits per heavy atom. The number of ether oxygens (including phenoxy) is 1. The zero-order chi connectivity index (χ0) is 20.5. The second-order valence-corrected chi connectivity index (χ2v) is 7.63. The van der Waals surface area contributed by atoms with Crippen molar-refractivity contribution < 1.29 is 9.53 Å². The number of carbonyl (C=O) groups excluding carboxylic acids is 1. The number of hydrogen-bond acceptors (Lipinski definition) is 6. The van der Waals surface area contributed by atoms with Crippen LogP contribution in [0.4, 0.5) is 0 Å². The van der Waals surface area contributed by atoms with E-state index >= 15 is 0 Å². The summed E-state index contributed by atoms with van der Waals surface area (Å²) in [7, 11) is 1.95. The molecule has 0 aliphatic carbocycles. The molecule has 0 radical (unpaired) electrons. The average molecular weight is 402 g/mol. The van der Waals surface area contributed by atoms with E-state index in [-0.39, 0.29) is 12.2 Å². The van der Waals surface area contributed by atoms with E-state index in [2.05, 4.69) is 26.0 Å². The fraction of sp³-hybridized carbons (Fsp3) is 0.318. The summed E-state index contributed by atoms with van der Waals surface area (Å²) in [5.74, 6) is -0.0385. The molecule has 0 saturated carbocycles. The highest BCUT2D eigenvalue weighted by molar-refractivity contribution is 5.96. The molecule has 1 saturated heterocycles. The van der Waals surface area contributed by atoms with Crippen LogP contribution in [-0.2, 0) is 18.2 Å². The molecule has 4 aromatic heterocycles. The van der Waals surface area contributed by atoms with Gasteiger partial charge in [-0.3, -0.25) is 14.8 Å². The van der Waals surface area contributed by atoms with Crippen molar-refractivity contribution in [2.75, 3.05) is 13.2 Å². The van der Waals surface area contributed by atoms with E-state index in [9.17, 15) is 4.79 Å². The number of Topliss-reactive ketones (excluding diaryl/α,β-unsaturated/α-hetero) is 1. The molecule has 0 N–H and O–H groups in total. The van der Waals surface area contributed by atoms with Crippen LogP contribution in [0.3, 0.4) is 0 Å². The zero-order valence-corrected chi connectivity index (χ0v) is 16.7. The van der Waals surface area contributed by atoms with E-state index in [1.165, 1.54) is 0 Å². The summed E-state index contributed by atoms with van der Waals surface area (Å²) in [6.07, 6.45) is 12.8. The minimum Gasteiger partial charge on any atom is -0.381 e. The monoisotopic (exact) mass is 402 g/mol. The largest absolute Gasteiger partial charge is 0.381 e. The van der Waals surface area contributed by atoms with Gasteiger partial charge in [0.15, 0.2) is 5.78 Å². The summed E-state index contributed by atoms with van der Waals surface area (Å²) >= 11 is 0. The molecule has 5 rings (SSSR count). The normalized spacial score (nSPS) is 15.0. The number of aromatic nitrogens is 6. The van der Waals surface area contributed by atoms with Gasteiger partial charge in [0.05, 0.1) is 42.7 Å². The summed E-state index contributed by atoms with van der Waals surface area (Å²) in [5.41, 5.74) is 3.93. The molecule has 8 nitrogen and oxygen atoms in total. The predicted molar refractivity (Wildman–Crippen MR) is 111 cm³/mol. The maximum atomic E-state index is 12.8. The van der Waals surface area contributed by atoms with Gasteiger partial charge in [-0.05, 0) is 25.0 Å². The summed E-state index contributed by atoms with van der Waals surface area (Å²) in [5, 5.41) is 0.944. The number of fused-ring (bicyclic) bond motifs is 1. The number of carbonyl (C=O) groups is 1. The first kappa shape index (κ1) is 18.6. The number of aryl methyl sites for hydroxylation is 1. The molecule has 1 aliphatic rings. The van der Waals surface area contributed by atoms with Gasteiger partial charge in [0.2, 0.25) is 0 Å². The Morgan fingerprint density at radius 2 is 1.97 bits per heavy atom. The molecule has 8 heteroatoms. The molecule has 152 valence electrons. The Bertz CT molecular complexity index is 1210. The van der Waals surface area contributed by atoms with E-state index in [1.807, 2.05) is 40.8 Å². The number of nitrogens with zero attached hydrogens (tertiary/aromatic N) is 6. The first-order chi connectivity index (χ1) is 14.7. The highest BCUT2D eigenvalue weighted by Gasteiger charge is 2.18. The Balaban J connectivity index is 1.36. The lowest BCUT2D eigenvalue weighted by Crippen LogP contribution is -2.18. The standard InChI is InChI=1S/C22H22N6O2/c1-27-13-23-11-21(27)16-6-15-7-17(24-10-19(15)25-9-16)8-22(29)20-12-28(14-26-20)18-2-4-30-5-3-18/h6-7,9-14,18H,2-5,8H2,1H3. The number of imidazole rings is 2.